The highest BCUT2D eigenvalue weighted by molar-refractivity contribution is 7.99. The lowest BCUT2D eigenvalue weighted by Crippen LogP contribution is -2.31. The number of aromatic nitrogens is 3. The van der Waals surface area contributed by atoms with Gasteiger partial charge in [0.05, 0.1) is 17.6 Å². The molecule has 1 fully saturated rings. The maximum atomic E-state index is 12.0. The van der Waals surface area contributed by atoms with Crippen molar-refractivity contribution in [3.8, 4) is 11.4 Å². The summed E-state index contributed by atoms with van der Waals surface area (Å²) in [6.45, 7) is 2.61. The first-order chi connectivity index (χ1) is 11.6. The summed E-state index contributed by atoms with van der Waals surface area (Å²) in [6.07, 6.45) is 7.91. The lowest BCUT2D eigenvalue weighted by molar-refractivity contribution is -0.118. The van der Waals surface area contributed by atoms with Crippen molar-refractivity contribution < 1.29 is 9.21 Å². The Hall–Kier alpha value is -1.96. The Morgan fingerprint density at radius 1 is 1.42 bits per heavy atom. The Bertz CT molecular complexity index is 690. The minimum absolute atomic E-state index is 0.00890. The molecule has 1 amide bonds. The van der Waals surface area contributed by atoms with Crippen LogP contribution in [0.3, 0.4) is 0 Å². The van der Waals surface area contributed by atoms with E-state index < -0.39 is 0 Å². The van der Waals surface area contributed by atoms with Crippen LogP contribution in [0.1, 0.15) is 37.9 Å². The van der Waals surface area contributed by atoms with Crippen molar-refractivity contribution in [2.45, 2.75) is 44.2 Å². The summed E-state index contributed by atoms with van der Waals surface area (Å²) in [7, 11) is 0. The van der Waals surface area contributed by atoms with Crippen molar-refractivity contribution in [1.82, 2.24) is 20.2 Å². The zero-order valence-corrected chi connectivity index (χ0v) is 14.6. The van der Waals surface area contributed by atoms with E-state index in [2.05, 4.69) is 15.5 Å². The van der Waals surface area contributed by atoms with Crippen molar-refractivity contribution in [2.75, 3.05) is 18.1 Å². The highest BCUT2D eigenvalue weighted by Gasteiger charge is 2.17. The first-order valence-electron chi connectivity index (χ1n) is 8.29. The normalized spacial score (nSPS) is 15.5. The van der Waals surface area contributed by atoms with Crippen LogP contribution in [-0.4, -0.2) is 33.1 Å². The molecule has 1 saturated carbocycles. The molecule has 0 saturated heterocycles. The van der Waals surface area contributed by atoms with Gasteiger partial charge >= 0.3 is 0 Å². The summed E-state index contributed by atoms with van der Waals surface area (Å²) in [5.74, 6) is 8.22. The largest absolute Gasteiger partial charge is 0.469 e. The van der Waals surface area contributed by atoms with Crippen LogP contribution in [-0.2, 0) is 4.79 Å². The van der Waals surface area contributed by atoms with Gasteiger partial charge in [-0.25, -0.2) is 4.68 Å². The van der Waals surface area contributed by atoms with E-state index in [1.165, 1.54) is 48.5 Å². The molecule has 130 valence electrons. The second-order valence-electron chi connectivity index (χ2n) is 6.16. The summed E-state index contributed by atoms with van der Waals surface area (Å²) in [6, 6.07) is 1.80. The predicted octanol–water partition coefficient (Wildman–Crippen LogP) is 2.35. The van der Waals surface area contributed by atoms with Gasteiger partial charge in [-0.2, -0.15) is 0 Å². The molecule has 2 aromatic rings. The molecule has 3 N–H and O–H groups in total. The number of thioether (sulfide) groups is 1. The minimum Gasteiger partial charge on any atom is -0.469 e. The van der Waals surface area contributed by atoms with Crippen molar-refractivity contribution in [3.05, 3.63) is 18.1 Å². The number of amides is 1. The van der Waals surface area contributed by atoms with Gasteiger partial charge in [-0.15, -0.1) is 10.2 Å². The Morgan fingerprint density at radius 3 is 2.92 bits per heavy atom. The van der Waals surface area contributed by atoms with E-state index in [1.54, 1.807) is 12.3 Å². The van der Waals surface area contributed by atoms with Crippen LogP contribution in [0.2, 0.25) is 0 Å². The monoisotopic (exact) mass is 349 g/mol. The topological polar surface area (TPSA) is 99.0 Å². The molecule has 0 spiro atoms. The summed E-state index contributed by atoms with van der Waals surface area (Å²) < 4.78 is 6.66. The molecule has 0 radical (unpaired) electrons. The van der Waals surface area contributed by atoms with Crippen LogP contribution in [0.4, 0.5) is 0 Å². The molecule has 0 aromatic carbocycles. The van der Waals surface area contributed by atoms with Crippen molar-refractivity contribution in [1.29, 1.82) is 0 Å². The number of carbonyl (C=O) groups is 1. The van der Waals surface area contributed by atoms with E-state index in [0.717, 1.165) is 17.9 Å². The van der Waals surface area contributed by atoms with Crippen LogP contribution >= 0.6 is 11.8 Å². The second kappa shape index (κ2) is 7.74. The molecule has 1 aliphatic carbocycles. The third-order valence-corrected chi connectivity index (χ3v) is 5.35. The van der Waals surface area contributed by atoms with Crippen LogP contribution < -0.4 is 11.2 Å². The van der Waals surface area contributed by atoms with E-state index in [1.807, 2.05) is 6.92 Å². The lowest BCUT2D eigenvalue weighted by atomic mass is 9.89. The van der Waals surface area contributed by atoms with Crippen LogP contribution in [0, 0.1) is 12.8 Å². The van der Waals surface area contributed by atoms with E-state index in [9.17, 15) is 4.79 Å². The number of rotatable bonds is 6. The number of carbonyl (C=O) groups excluding carboxylic acids is 1. The highest BCUT2D eigenvalue weighted by Crippen LogP contribution is 2.25. The van der Waals surface area contributed by atoms with Gasteiger partial charge in [0.15, 0.2) is 5.82 Å². The molecule has 2 aromatic heterocycles. The Morgan fingerprint density at radius 2 is 2.21 bits per heavy atom. The van der Waals surface area contributed by atoms with Gasteiger partial charge in [-0.1, -0.05) is 31.0 Å². The molecule has 3 rings (SSSR count). The number of hydrogen-bond donors (Lipinski definition) is 2. The van der Waals surface area contributed by atoms with E-state index in [0.29, 0.717) is 16.9 Å². The number of hydrogen-bond acceptors (Lipinski definition) is 6. The summed E-state index contributed by atoms with van der Waals surface area (Å²) in [5.41, 5.74) is 0.804. The molecular weight excluding hydrogens is 326 g/mol. The zero-order valence-electron chi connectivity index (χ0n) is 13.8. The average Bonchev–Trinajstić information content (AvgIpc) is 3.17. The van der Waals surface area contributed by atoms with Crippen LogP contribution in [0.5, 0.6) is 0 Å². The number of furan rings is 1. The lowest BCUT2D eigenvalue weighted by Gasteiger charge is -2.21. The van der Waals surface area contributed by atoms with Gasteiger partial charge in [-0.3, -0.25) is 4.79 Å². The first-order valence-corrected chi connectivity index (χ1v) is 9.28. The molecule has 8 heteroatoms. The number of nitrogens with zero attached hydrogens (tertiary/aromatic N) is 3. The number of nitrogens with one attached hydrogen (secondary N) is 1. The fourth-order valence-electron chi connectivity index (χ4n) is 3.01. The van der Waals surface area contributed by atoms with E-state index in [4.69, 9.17) is 10.3 Å². The second-order valence-corrected chi connectivity index (χ2v) is 7.11. The number of nitrogens with two attached hydrogens (primary N) is 1. The zero-order chi connectivity index (χ0) is 16.9. The van der Waals surface area contributed by atoms with Gasteiger partial charge < -0.3 is 15.6 Å². The molecule has 0 bridgehead atoms. The molecule has 0 unspecified atom stereocenters. The standard InChI is InChI=1S/C16H23N5O2S/c1-11-13(7-8-23-11)15-19-20-16(21(15)17)24-10-14(22)18-9-12-5-3-2-4-6-12/h7-8,12H,2-6,9-10,17H2,1H3,(H,18,22). The van der Waals surface area contributed by atoms with Crippen molar-refractivity contribution >= 4 is 17.7 Å². The Labute approximate surface area is 145 Å². The van der Waals surface area contributed by atoms with Crippen molar-refractivity contribution in [3.63, 3.8) is 0 Å². The van der Waals surface area contributed by atoms with E-state index >= 15 is 0 Å². The molecule has 0 atom stereocenters. The molecule has 1 aliphatic rings. The van der Waals surface area contributed by atoms with Gasteiger partial charge in [0.25, 0.3) is 0 Å². The molecule has 24 heavy (non-hydrogen) atoms. The summed E-state index contributed by atoms with van der Waals surface area (Å²) in [4.78, 5) is 12.0. The average molecular weight is 349 g/mol. The van der Waals surface area contributed by atoms with Gasteiger partial charge in [0, 0.05) is 6.54 Å². The Balaban J connectivity index is 1.50. The third kappa shape index (κ3) is 3.92. The quantitative estimate of drug-likeness (QED) is 0.613. The third-order valence-electron chi connectivity index (χ3n) is 4.41. The molecule has 0 aliphatic heterocycles. The van der Waals surface area contributed by atoms with Crippen LogP contribution in [0.25, 0.3) is 11.4 Å². The summed E-state index contributed by atoms with van der Waals surface area (Å²) >= 11 is 1.29. The van der Waals surface area contributed by atoms with Gasteiger partial charge in [0.2, 0.25) is 11.1 Å². The molecular formula is C16H23N5O2S. The molecule has 7 nitrogen and oxygen atoms in total. The maximum absolute atomic E-state index is 12.0. The van der Waals surface area contributed by atoms with Crippen molar-refractivity contribution in [2.24, 2.45) is 5.92 Å². The summed E-state index contributed by atoms with van der Waals surface area (Å²) in [5, 5.41) is 11.7. The van der Waals surface area contributed by atoms with Crippen LogP contribution in [0.15, 0.2) is 21.9 Å². The SMILES string of the molecule is Cc1occc1-c1nnc(SCC(=O)NCC2CCCCC2)n1N. The smallest absolute Gasteiger partial charge is 0.230 e. The maximum Gasteiger partial charge on any atom is 0.230 e. The fraction of sp³-hybridized carbons (Fsp3) is 0.562. The first kappa shape index (κ1) is 16.9. The minimum atomic E-state index is 0.00890. The predicted molar refractivity (Wildman–Crippen MR) is 92.9 cm³/mol. The van der Waals surface area contributed by atoms with Gasteiger partial charge in [0.1, 0.15) is 5.76 Å². The van der Waals surface area contributed by atoms with E-state index in [-0.39, 0.29) is 11.7 Å². The highest BCUT2D eigenvalue weighted by atomic mass is 32.2. The van der Waals surface area contributed by atoms with Gasteiger partial charge in [-0.05, 0) is 31.7 Å². The number of nitrogen functional groups attached to an aromatic ring is 1. The Kier molecular flexibility index (Phi) is 5.44. The molecule has 2 heterocycles. The number of aryl methyl sites for hydroxylation is 1. The fourth-order valence-corrected chi connectivity index (χ4v) is 3.69.